The molecule has 1 aromatic heterocycles. The van der Waals surface area contributed by atoms with E-state index in [0.717, 1.165) is 31.5 Å². The molecule has 0 amide bonds. The molecular formula is C14H22ClN5. The highest BCUT2D eigenvalue weighted by molar-refractivity contribution is 6.32. The highest BCUT2D eigenvalue weighted by Gasteiger charge is 2.35. The van der Waals surface area contributed by atoms with Gasteiger partial charge in [0.05, 0.1) is 6.20 Å². The number of nitrogens with zero attached hydrogens (tertiary/aromatic N) is 4. The number of nitrogens with one attached hydrogen (secondary N) is 1. The van der Waals surface area contributed by atoms with Crippen molar-refractivity contribution in [2.75, 3.05) is 36.9 Å². The van der Waals surface area contributed by atoms with E-state index in [1.165, 1.54) is 19.3 Å². The highest BCUT2D eigenvalue weighted by atomic mass is 35.5. The minimum atomic E-state index is 0.621. The summed E-state index contributed by atoms with van der Waals surface area (Å²) in [6.45, 7) is 4.88. The molecule has 6 heteroatoms. The molecule has 2 atom stereocenters. The number of likely N-dealkylation sites (N-methyl/N-ethyl adjacent to an activating group) is 1. The highest BCUT2D eigenvalue weighted by Crippen LogP contribution is 2.32. The molecule has 2 fully saturated rings. The van der Waals surface area contributed by atoms with Gasteiger partial charge in [-0.15, -0.1) is 0 Å². The maximum absolute atomic E-state index is 6.31. The first-order chi connectivity index (χ1) is 9.69. The van der Waals surface area contributed by atoms with Crippen molar-refractivity contribution in [2.24, 2.45) is 0 Å². The number of fused-ring (bicyclic) bond motifs is 2. The van der Waals surface area contributed by atoms with E-state index in [9.17, 15) is 0 Å². The Morgan fingerprint density at radius 1 is 1.35 bits per heavy atom. The Hall–Kier alpha value is -1.07. The third-order valence-corrected chi connectivity index (χ3v) is 4.78. The van der Waals surface area contributed by atoms with E-state index >= 15 is 0 Å². The molecule has 1 N–H and O–H groups in total. The first-order valence-electron chi connectivity index (χ1n) is 7.42. The minimum absolute atomic E-state index is 0.621. The largest absolute Gasteiger partial charge is 0.354 e. The van der Waals surface area contributed by atoms with Gasteiger partial charge in [0.25, 0.3) is 0 Å². The molecule has 2 saturated heterocycles. The van der Waals surface area contributed by atoms with Crippen LogP contribution in [0.15, 0.2) is 6.20 Å². The van der Waals surface area contributed by atoms with Gasteiger partial charge in [-0.25, -0.2) is 4.98 Å². The van der Waals surface area contributed by atoms with E-state index in [-0.39, 0.29) is 0 Å². The SMILES string of the molecule is CCNc1ncc(Cl)c(N2CCC3CCC(C2)N3C)n1. The molecule has 0 saturated carbocycles. The predicted molar refractivity (Wildman–Crippen MR) is 82.6 cm³/mol. The van der Waals surface area contributed by atoms with Gasteiger partial charge in [-0.3, -0.25) is 4.90 Å². The average molecular weight is 296 g/mol. The van der Waals surface area contributed by atoms with Gasteiger partial charge in [0.15, 0.2) is 5.82 Å². The van der Waals surface area contributed by atoms with Gasteiger partial charge in [0.1, 0.15) is 5.02 Å². The van der Waals surface area contributed by atoms with Gasteiger partial charge in [-0.05, 0) is 33.2 Å². The summed E-state index contributed by atoms with van der Waals surface area (Å²) < 4.78 is 0. The van der Waals surface area contributed by atoms with Crippen molar-refractivity contribution in [3.05, 3.63) is 11.2 Å². The number of halogens is 1. The average Bonchev–Trinajstić information content (AvgIpc) is 2.67. The molecule has 0 radical (unpaired) electrons. The molecule has 5 nitrogen and oxygen atoms in total. The summed E-state index contributed by atoms with van der Waals surface area (Å²) >= 11 is 6.31. The molecule has 2 aliphatic heterocycles. The van der Waals surface area contributed by atoms with Crippen LogP contribution in [0.2, 0.25) is 5.02 Å². The van der Waals surface area contributed by atoms with Crippen LogP contribution in [0.1, 0.15) is 26.2 Å². The van der Waals surface area contributed by atoms with E-state index in [1.807, 2.05) is 6.92 Å². The quantitative estimate of drug-likeness (QED) is 0.926. The molecule has 1 aromatic rings. The summed E-state index contributed by atoms with van der Waals surface area (Å²) in [4.78, 5) is 13.7. The molecule has 0 spiro atoms. The van der Waals surface area contributed by atoms with E-state index in [4.69, 9.17) is 11.6 Å². The number of aromatic nitrogens is 2. The fraction of sp³-hybridized carbons (Fsp3) is 0.714. The van der Waals surface area contributed by atoms with Crippen molar-refractivity contribution in [2.45, 2.75) is 38.3 Å². The van der Waals surface area contributed by atoms with Crippen molar-refractivity contribution in [3.63, 3.8) is 0 Å². The van der Waals surface area contributed by atoms with Gasteiger partial charge in [-0.2, -0.15) is 4.98 Å². The lowest BCUT2D eigenvalue weighted by Gasteiger charge is -2.27. The molecule has 0 aromatic carbocycles. The monoisotopic (exact) mass is 295 g/mol. The zero-order chi connectivity index (χ0) is 14.1. The molecule has 20 heavy (non-hydrogen) atoms. The second-order valence-electron chi connectivity index (χ2n) is 5.68. The molecule has 2 bridgehead atoms. The lowest BCUT2D eigenvalue weighted by atomic mass is 10.1. The van der Waals surface area contributed by atoms with Crippen LogP contribution in [0.5, 0.6) is 0 Å². The zero-order valence-corrected chi connectivity index (χ0v) is 12.9. The van der Waals surface area contributed by atoms with Crippen LogP contribution < -0.4 is 10.2 Å². The summed E-state index contributed by atoms with van der Waals surface area (Å²) in [6, 6.07) is 1.34. The Kier molecular flexibility index (Phi) is 3.98. The van der Waals surface area contributed by atoms with E-state index in [0.29, 0.717) is 17.0 Å². The second kappa shape index (κ2) is 5.74. The van der Waals surface area contributed by atoms with Gasteiger partial charge in [0.2, 0.25) is 5.95 Å². The Balaban J connectivity index is 1.83. The predicted octanol–water partition coefficient (Wildman–Crippen LogP) is 2.23. The van der Waals surface area contributed by atoms with Crippen LogP contribution in [0.4, 0.5) is 11.8 Å². The molecule has 110 valence electrons. The van der Waals surface area contributed by atoms with Crippen molar-refractivity contribution < 1.29 is 0 Å². The van der Waals surface area contributed by atoms with Crippen molar-refractivity contribution in [1.82, 2.24) is 14.9 Å². The number of hydrogen-bond donors (Lipinski definition) is 1. The topological polar surface area (TPSA) is 44.3 Å². The van der Waals surface area contributed by atoms with Gasteiger partial charge in [-0.1, -0.05) is 11.6 Å². The molecule has 2 aliphatic rings. The van der Waals surface area contributed by atoms with Crippen LogP contribution in [0.25, 0.3) is 0 Å². The third kappa shape index (κ3) is 2.56. The van der Waals surface area contributed by atoms with Crippen LogP contribution in [-0.4, -0.2) is 53.6 Å². The van der Waals surface area contributed by atoms with Crippen LogP contribution in [-0.2, 0) is 0 Å². The molecule has 3 rings (SSSR count). The number of anilines is 2. The zero-order valence-electron chi connectivity index (χ0n) is 12.1. The van der Waals surface area contributed by atoms with E-state index < -0.39 is 0 Å². The van der Waals surface area contributed by atoms with Crippen molar-refractivity contribution in [3.8, 4) is 0 Å². The lowest BCUT2D eigenvalue weighted by molar-refractivity contribution is 0.254. The fourth-order valence-corrected chi connectivity index (χ4v) is 3.53. The summed E-state index contributed by atoms with van der Waals surface area (Å²) in [7, 11) is 2.25. The maximum Gasteiger partial charge on any atom is 0.224 e. The Bertz CT molecular complexity index is 481. The molecule has 2 unspecified atom stereocenters. The van der Waals surface area contributed by atoms with Gasteiger partial charge < -0.3 is 10.2 Å². The minimum Gasteiger partial charge on any atom is -0.354 e. The molecule has 0 aliphatic carbocycles. The van der Waals surface area contributed by atoms with E-state index in [2.05, 4.69) is 32.1 Å². The van der Waals surface area contributed by atoms with Gasteiger partial charge in [0, 0.05) is 31.7 Å². The number of hydrogen-bond acceptors (Lipinski definition) is 5. The summed E-state index contributed by atoms with van der Waals surface area (Å²) in [5.74, 6) is 1.54. The van der Waals surface area contributed by atoms with Crippen LogP contribution >= 0.6 is 11.6 Å². The Morgan fingerprint density at radius 3 is 2.95 bits per heavy atom. The van der Waals surface area contributed by atoms with Crippen molar-refractivity contribution >= 4 is 23.4 Å². The van der Waals surface area contributed by atoms with Crippen molar-refractivity contribution in [1.29, 1.82) is 0 Å². The van der Waals surface area contributed by atoms with E-state index in [1.54, 1.807) is 6.20 Å². The fourth-order valence-electron chi connectivity index (χ4n) is 3.32. The molecular weight excluding hydrogens is 274 g/mol. The summed E-state index contributed by atoms with van der Waals surface area (Å²) in [5, 5.41) is 3.80. The Morgan fingerprint density at radius 2 is 2.15 bits per heavy atom. The lowest BCUT2D eigenvalue weighted by Crippen LogP contribution is -2.37. The standard InChI is InChI=1S/C14H22ClN5/c1-3-16-14-17-8-12(15)13(18-14)20-7-6-10-4-5-11(9-20)19(10)2/h8,10-11H,3-7,9H2,1-2H3,(H,16,17,18). The smallest absolute Gasteiger partial charge is 0.224 e. The Labute approximate surface area is 125 Å². The summed E-state index contributed by atoms with van der Waals surface area (Å²) in [6.07, 6.45) is 5.49. The van der Waals surface area contributed by atoms with Crippen LogP contribution in [0, 0.1) is 0 Å². The summed E-state index contributed by atoms with van der Waals surface area (Å²) in [5.41, 5.74) is 0. The molecule has 3 heterocycles. The van der Waals surface area contributed by atoms with Gasteiger partial charge >= 0.3 is 0 Å². The van der Waals surface area contributed by atoms with Crippen LogP contribution in [0.3, 0.4) is 0 Å². The maximum atomic E-state index is 6.31. The number of rotatable bonds is 3. The normalized spacial score (nSPS) is 26.6. The second-order valence-corrected chi connectivity index (χ2v) is 6.09. The third-order valence-electron chi connectivity index (χ3n) is 4.51. The first kappa shape index (κ1) is 13.9. The first-order valence-corrected chi connectivity index (χ1v) is 7.80.